The molecule has 4 rings (SSSR count). The standard InChI is InChI=1S/C12H13N.C9H9NO2/c13-9-8-11-6-3-5-10-4-1-2-7-12(10)11;11-9(12)10-6-5-7-3-1-2-4-8(7)10/h1-7H,8-9,13H2;1-4H,5-6H2,(H,11,12). The van der Waals surface area contributed by atoms with E-state index in [1.807, 2.05) is 24.3 Å². The third-order valence-corrected chi connectivity index (χ3v) is 4.41. The molecule has 25 heavy (non-hydrogen) atoms. The Morgan fingerprint density at radius 1 is 1.00 bits per heavy atom. The highest BCUT2D eigenvalue weighted by Gasteiger charge is 2.22. The highest BCUT2D eigenvalue weighted by Crippen LogP contribution is 2.26. The number of para-hydroxylation sites is 1. The first-order valence-corrected chi connectivity index (χ1v) is 8.46. The molecule has 0 aliphatic carbocycles. The molecular weight excluding hydrogens is 312 g/mol. The first-order valence-electron chi connectivity index (χ1n) is 8.46. The number of fused-ring (bicyclic) bond motifs is 2. The summed E-state index contributed by atoms with van der Waals surface area (Å²) in [6.07, 6.45) is 0.934. The summed E-state index contributed by atoms with van der Waals surface area (Å²) in [6.45, 7) is 1.31. The molecule has 4 nitrogen and oxygen atoms in total. The number of nitrogens with two attached hydrogens (primary N) is 1. The molecule has 0 atom stereocenters. The predicted molar refractivity (Wildman–Crippen MR) is 102 cm³/mol. The molecule has 0 radical (unpaired) electrons. The van der Waals surface area contributed by atoms with Crippen LogP contribution in [0.1, 0.15) is 11.1 Å². The van der Waals surface area contributed by atoms with Gasteiger partial charge in [0.25, 0.3) is 0 Å². The molecule has 1 aliphatic heterocycles. The number of hydrogen-bond acceptors (Lipinski definition) is 2. The molecule has 3 aromatic carbocycles. The van der Waals surface area contributed by atoms with E-state index in [1.165, 1.54) is 21.2 Å². The SMILES string of the molecule is NCCc1cccc2ccccc12.O=C(O)N1CCc2ccccc21. The molecule has 3 N–H and O–H groups in total. The Morgan fingerprint density at radius 2 is 1.72 bits per heavy atom. The van der Waals surface area contributed by atoms with Crippen LogP contribution in [0.2, 0.25) is 0 Å². The van der Waals surface area contributed by atoms with Crippen LogP contribution in [0.4, 0.5) is 10.5 Å². The Balaban J connectivity index is 0.000000146. The zero-order valence-corrected chi connectivity index (χ0v) is 14.1. The van der Waals surface area contributed by atoms with Gasteiger partial charge in [0.1, 0.15) is 0 Å². The van der Waals surface area contributed by atoms with E-state index in [2.05, 4.69) is 42.5 Å². The molecule has 0 spiro atoms. The summed E-state index contributed by atoms with van der Waals surface area (Å²) in [4.78, 5) is 12.1. The van der Waals surface area contributed by atoms with Gasteiger partial charge in [-0.1, -0.05) is 60.7 Å². The lowest BCUT2D eigenvalue weighted by molar-refractivity contribution is 0.202. The number of rotatable bonds is 2. The van der Waals surface area contributed by atoms with Crippen molar-refractivity contribution in [1.29, 1.82) is 0 Å². The van der Waals surface area contributed by atoms with Gasteiger partial charge in [-0.05, 0) is 47.4 Å². The van der Waals surface area contributed by atoms with Gasteiger partial charge in [0.05, 0.1) is 5.69 Å². The van der Waals surface area contributed by atoms with Gasteiger partial charge in [-0.2, -0.15) is 0 Å². The molecule has 0 aromatic heterocycles. The molecule has 1 heterocycles. The van der Waals surface area contributed by atoms with Crippen molar-refractivity contribution >= 4 is 22.6 Å². The number of amides is 1. The average Bonchev–Trinajstić information content (AvgIpc) is 3.07. The van der Waals surface area contributed by atoms with Crippen LogP contribution in [-0.4, -0.2) is 24.3 Å². The van der Waals surface area contributed by atoms with Crippen molar-refractivity contribution in [2.45, 2.75) is 12.8 Å². The third-order valence-electron chi connectivity index (χ3n) is 4.41. The molecule has 128 valence electrons. The summed E-state index contributed by atoms with van der Waals surface area (Å²) in [5.41, 5.74) is 8.86. The fourth-order valence-corrected chi connectivity index (χ4v) is 3.20. The van der Waals surface area contributed by atoms with E-state index in [0.29, 0.717) is 13.1 Å². The molecule has 1 aliphatic rings. The Hall–Kier alpha value is -2.85. The van der Waals surface area contributed by atoms with Crippen molar-refractivity contribution in [1.82, 2.24) is 0 Å². The van der Waals surface area contributed by atoms with Crippen LogP contribution < -0.4 is 10.6 Å². The van der Waals surface area contributed by atoms with Crippen molar-refractivity contribution in [3.8, 4) is 0 Å². The number of carbonyl (C=O) groups is 1. The largest absolute Gasteiger partial charge is 0.465 e. The molecule has 0 fully saturated rings. The zero-order valence-electron chi connectivity index (χ0n) is 14.1. The Morgan fingerprint density at radius 3 is 2.52 bits per heavy atom. The highest BCUT2D eigenvalue weighted by atomic mass is 16.4. The minimum atomic E-state index is -0.861. The summed E-state index contributed by atoms with van der Waals surface area (Å²) < 4.78 is 0. The summed E-state index contributed by atoms with van der Waals surface area (Å²) in [7, 11) is 0. The summed E-state index contributed by atoms with van der Waals surface area (Å²) in [5, 5.41) is 11.4. The van der Waals surface area contributed by atoms with Crippen molar-refractivity contribution in [3.63, 3.8) is 0 Å². The smallest absolute Gasteiger partial charge is 0.411 e. The van der Waals surface area contributed by atoms with Crippen LogP contribution in [0.5, 0.6) is 0 Å². The zero-order chi connectivity index (χ0) is 17.6. The Bertz CT molecular complexity index is 871. The van der Waals surface area contributed by atoms with Crippen LogP contribution in [-0.2, 0) is 12.8 Å². The molecule has 0 saturated carbocycles. The van der Waals surface area contributed by atoms with Gasteiger partial charge in [0.2, 0.25) is 0 Å². The number of hydrogen-bond donors (Lipinski definition) is 2. The van der Waals surface area contributed by atoms with Gasteiger partial charge < -0.3 is 10.8 Å². The number of benzene rings is 3. The number of nitrogens with zero attached hydrogens (tertiary/aromatic N) is 1. The molecule has 0 bridgehead atoms. The molecule has 3 aromatic rings. The van der Waals surface area contributed by atoms with Crippen molar-refractivity contribution in [3.05, 3.63) is 77.9 Å². The fraction of sp³-hybridized carbons (Fsp3) is 0.190. The lowest BCUT2D eigenvalue weighted by Crippen LogP contribution is -2.26. The summed E-state index contributed by atoms with van der Waals surface area (Å²) in [6, 6.07) is 22.4. The second-order valence-corrected chi connectivity index (χ2v) is 5.99. The van der Waals surface area contributed by atoms with Crippen LogP contribution in [0.25, 0.3) is 10.8 Å². The van der Waals surface area contributed by atoms with Crippen molar-refractivity contribution in [2.24, 2.45) is 5.73 Å². The van der Waals surface area contributed by atoms with E-state index >= 15 is 0 Å². The van der Waals surface area contributed by atoms with E-state index in [-0.39, 0.29) is 0 Å². The minimum Gasteiger partial charge on any atom is -0.465 e. The molecule has 1 amide bonds. The minimum absolute atomic E-state index is 0.592. The number of carboxylic acid groups (broad SMARTS) is 1. The monoisotopic (exact) mass is 334 g/mol. The van der Waals surface area contributed by atoms with E-state index in [9.17, 15) is 4.79 Å². The van der Waals surface area contributed by atoms with Gasteiger partial charge in [0, 0.05) is 6.54 Å². The Kier molecular flexibility index (Phi) is 5.31. The van der Waals surface area contributed by atoms with E-state index in [0.717, 1.165) is 24.1 Å². The molecule has 4 heteroatoms. The third kappa shape index (κ3) is 3.80. The van der Waals surface area contributed by atoms with Crippen LogP contribution in [0.15, 0.2) is 66.7 Å². The lowest BCUT2D eigenvalue weighted by atomic mass is 10.0. The van der Waals surface area contributed by atoms with Gasteiger partial charge in [-0.25, -0.2) is 4.79 Å². The van der Waals surface area contributed by atoms with E-state index < -0.39 is 6.09 Å². The lowest BCUT2D eigenvalue weighted by Gasteiger charge is -2.11. The van der Waals surface area contributed by atoms with Gasteiger partial charge >= 0.3 is 6.09 Å². The normalized spacial score (nSPS) is 12.4. The second-order valence-electron chi connectivity index (χ2n) is 5.99. The summed E-state index contributed by atoms with van der Waals surface area (Å²) >= 11 is 0. The molecule has 0 unspecified atom stereocenters. The fourth-order valence-electron chi connectivity index (χ4n) is 3.20. The van der Waals surface area contributed by atoms with Crippen molar-refractivity contribution < 1.29 is 9.90 Å². The molecule has 0 saturated heterocycles. The van der Waals surface area contributed by atoms with Crippen molar-refractivity contribution in [2.75, 3.05) is 18.0 Å². The first-order chi connectivity index (χ1) is 12.2. The highest BCUT2D eigenvalue weighted by molar-refractivity contribution is 5.88. The van der Waals surface area contributed by atoms with Gasteiger partial charge in [-0.3, -0.25) is 4.90 Å². The maximum Gasteiger partial charge on any atom is 0.411 e. The van der Waals surface area contributed by atoms with Gasteiger partial charge in [0.15, 0.2) is 0 Å². The van der Waals surface area contributed by atoms with Crippen LogP contribution in [0.3, 0.4) is 0 Å². The first kappa shape index (κ1) is 17.0. The van der Waals surface area contributed by atoms with E-state index in [1.54, 1.807) is 0 Å². The maximum atomic E-state index is 10.7. The predicted octanol–water partition coefficient (Wildman–Crippen LogP) is 4.07. The second kappa shape index (κ2) is 7.81. The maximum absolute atomic E-state index is 10.7. The number of anilines is 1. The molecular formula is C21H22N2O2. The average molecular weight is 334 g/mol. The van der Waals surface area contributed by atoms with Crippen LogP contribution in [0, 0.1) is 0 Å². The van der Waals surface area contributed by atoms with Gasteiger partial charge in [-0.15, -0.1) is 0 Å². The van der Waals surface area contributed by atoms with E-state index in [4.69, 9.17) is 10.8 Å². The topological polar surface area (TPSA) is 66.6 Å². The Labute approximate surface area is 147 Å². The van der Waals surface area contributed by atoms with Crippen LogP contribution >= 0.6 is 0 Å². The quantitative estimate of drug-likeness (QED) is 0.742. The summed E-state index contributed by atoms with van der Waals surface area (Å²) in [5.74, 6) is 0.